The zero-order valence-corrected chi connectivity index (χ0v) is 10.2. The molecule has 0 fully saturated rings. The molecule has 0 bridgehead atoms. The first kappa shape index (κ1) is 13.9. The molecule has 1 unspecified atom stereocenters. The van der Waals surface area contributed by atoms with Gasteiger partial charge in [0.1, 0.15) is 0 Å². The molecule has 0 aromatic rings. The Bertz CT molecular complexity index is 126. The van der Waals surface area contributed by atoms with Crippen LogP contribution in [0.4, 0.5) is 0 Å². The molecule has 0 aliphatic carbocycles. The largest absolute Gasteiger partial charge is 0.392 e. The maximum absolute atomic E-state index is 9.31. The van der Waals surface area contributed by atoms with Crippen LogP contribution in [0.5, 0.6) is 0 Å². The van der Waals surface area contributed by atoms with Crippen LogP contribution in [0.25, 0.3) is 0 Å². The molecule has 0 saturated carbocycles. The Morgan fingerprint density at radius 1 is 1.14 bits per heavy atom. The Morgan fingerprint density at radius 3 is 2.21 bits per heavy atom. The minimum absolute atomic E-state index is 0.207. The van der Waals surface area contributed by atoms with E-state index in [4.69, 9.17) is 0 Å². The van der Waals surface area contributed by atoms with Gasteiger partial charge in [0.25, 0.3) is 0 Å². The molecule has 14 heavy (non-hydrogen) atoms. The number of nitrogens with zero attached hydrogens (tertiary/aromatic N) is 2. The van der Waals surface area contributed by atoms with Crippen molar-refractivity contribution in [3.8, 4) is 0 Å². The summed E-state index contributed by atoms with van der Waals surface area (Å²) in [6, 6.07) is 0. The minimum atomic E-state index is -0.207. The number of rotatable bonds is 8. The molecule has 0 aliphatic rings. The van der Waals surface area contributed by atoms with Crippen molar-refractivity contribution in [2.75, 3.05) is 40.3 Å². The molecule has 0 amide bonds. The Balaban J connectivity index is 3.61. The van der Waals surface area contributed by atoms with Gasteiger partial charge in [0, 0.05) is 6.54 Å². The van der Waals surface area contributed by atoms with E-state index in [9.17, 15) is 5.11 Å². The Hall–Kier alpha value is -0.120. The third-order valence-corrected chi connectivity index (χ3v) is 2.14. The second kappa shape index (κ2) is 8.21. The molecular formula is C11H26N2O. The Morgan fingerprint density at radius 2 is 1.79 bits per heavy atom. The number of aliphatic hydroxyl groups is 1. The van der Waals surface area contributed by atoms with Gasteiger partial charge in [-0.2, -0.15) is 0 Å². The molecule has 0 saturated heterocycles. The first-order valence-electron chi connectivity index (χ1n) is 5.61. The topological polar surface area (TPSA) is 26.7 Å². The summed E-state index contributed by atoms with van der Waals surface area (Å²) in [4.78, 5) is 4.54. The van der Waals surface area contributed by atoms with Crippen LogP contribution in [0.2, 0.25) is 0 Å². The highest BCUT2D eigenvalue weighted by molar-refractivity contribution is 4.61. The number of hydrogen-bond acceptors (Lipinski definition) is 3. The van der Waals surface area contributed by atoms with Crippen molar-refractivity contribution < 1.29 is 5.11 Å². The summed E-state index contributed by atoms with van der Waals surface area (Å²) >= 11 is 0. The van der Waals surface area contributed by atoms with Crippen molar-refractivity contribution in [3.05, 3.63) is 0 Å². The molecular weight excluding hydrogens is 176 g/mol. The lowest BCUT2D eigenvalue weighted by atomic mass is 10.3. The van der Waals surface area contributed by atoms with Crippen LogP contribution in [-0.2, 0) is 0 Å². The molecule has 0 heterocycles. The fourth-order valence-electron chi connectivity index (χ4n) is 1.59. The van der Waals surface area contributed by atoms with E-state index in [1.807, 2.05) is 6.92 Å². The number of aliphatic hydroxyl groups excluding tert-OH is 1. The van der Waals surface area contributed by atoms with E-state index in [1.165, 1.54) is 6.42 Å². The van der Waals surface area contributed by atoms with Gasteiger partial charge in [0.05, 0.1) is 6.10 Å². The van der Waals surface area contributed by atoms with Gasteiger partial charge in [-0.05, 0) is 53.5 Å². The summed E-state index contributed by atoms with van der Waals surface area (Å²) in [6.07, 6.45) is 2.13. The summed E-state index contributed by atoms with van der Waals surface area (Å²) in [5, 5.41) is 9.31. The van der Waals surface area contributed by atoms with E-state index in [1.54, 1.807) is 0 Å². The molecule has 3 heteroatoms. The van der Waals surface area contributed by atoms with Gasteiger partial charge in [0.15, 0.2) is 0 Å². The van der Waals surface area contributed by atoms with Crippen LogP contribution in [-0.4, -0.2) is 61.3 Å². The van der Waals surface area contributed by atoms with Crippen molar-refractivity contribution in [2.45, 2.75) is 32.8 Å². The van der Waals surface area contributed by atoms with Crippen LogP contribution in [0.3, 0.4) is 0 Å². The molecule has 0 rings (SSSR count). The summed E-state index contributed by atoms with van der Waals surface area (Å²) in [7, 11) is 4.19. The summed E-state index contributed by atoms with van der Waals surface area (Å²) in [5.74, 6) is 0. The highest BCUT2D eigenvalue weighted by atomic mass is 16.3. The zero-order valence-electron chi connectivity index (χ0n) is 10.2. The van der Waals surface area contributed by atoms with E-state index < -0.39 is 0 Å². The summed E-state index contributed by atoms with van der Waals surface area (Å²) in [6.45, 7) is 8.16. The molecule has 0 aromatic carbocycles. The lowest BCUT2D eigenvalue weighted by Crippen LogP contribution is -2.33. The molecule has 1 atom stereocenters. The van der Waals surface area contributed by atoms with Crippen molar-refractivity contribution >= 4 is 0 Å². The van der Waals surface area contributed by atoms with Crippen LogP contribution in [0.15, 0.2) is 0 Å². The predicted molar refractivity (Wildman–Crippen MR) is 61.6 cm³/mol. The second-order valence-electron chi connectivity index (χ2n) is 4.31. The van der Waals surface area contributed by atoms with Gasteiger partial charge in [-0.15, -0.1) is 0 Å². The Labute approximate surface area is 88.7 Å². The van der Waals surface area contributed by atoms with Crippen molar-refractivity contribution in [1.82, 2.24) is 9.80 Å². The van der Waals surface area contributed by atoms with E-state index >= 15 is 0 Å². The molecule has 86 valence electrons. The Kier molecular flexibility index (Phi) is 8.14. The van der Waals surface area contributed by atoms with Gasteiger partial charge < -0.3 is 14.9 Å². The summed E-state index contributed by atoms with van der Waals surface area (Å²) < 4.78 is 0. The predicted octanol–water partition coefficient (Wildman–Crippen LogP) is 1.03. The molecule has 0 aliphatic heterocycles. The normalized spacial score (nSPS) is 13.9. The third-order valence-electron chi connectivity index (χ3n) is 2.14. The SMILES string of the molecule is CCCN(CCCN(C)C)CC(C)O. The standard InChI is InChI=1S/C11H26N2O/c1-5-7-13(10-11(2)14)9-6-8-12(3)4/h11,14H,5-10H2,1-4H3. The smallest absolute Gasteiger partial charge is 0.0639 e. The van der Waals surface area contributed by atoms with Crippen LogP contribution >= 0.6 is 0 Å². The fourth-order valence-corrected chi connectivity index (χ4v) is 1.59. The lowest BCUT2D eigenvalue weighted by Gasteiger charge is -2.23. The molecule has 0 aromatic heterocycles. The van der Waals surface area contributed by atoms with Gasteiger partial charge in [-0.1, -0.05) is 6.92 Å². The van der Waals surface area contributed by atoms with Crippen molar-refractivity contribution in [1.29, 1.82) is 0 Å². The van der Waals surface area contributed by atoms with E-state index in [0.29, 0.717) is 0 Å². The maximum Gasteiger partial charge on any atom is 0.0639 e. The molecule has 3 nitrogen and oxygen atoms in total. The fraction of sp³-hybridized carbons (Fsp3) is 1.00. The number of hydrogen-bond donors (Lipinski definition) is 1. The van der Waals surface area contributed by atoms with Gasteiger partial charge >= 0.3 is 0 Å². The lowest BCUT2D eigenvalue weighted by molar-refractivity contribution is 0.124. The van der Waals surface area contributed by atoms with Crippen LogP contribution < -0.4 is 0 Å². The average molecular weight is 202 g/mol. The van der Waals surface area contributed by atoms with Crippen molar-refractivity contribution in [2.24, 2.45) is 0 Å². The first-order chi connectivity index (χ1) is 6.56. The molecule has 0 radical (unpaired) electrons. The minimum Gasteiger partial charge on any atom is -0.392 e. The molecule has 0 spiro atoms. The quantitative estimate of drug-likeness (QED) is 0.637. The second-order valence-corrected chi connectivity index (χ2v) is 4.31. The average Bonchev–Trinajstić information content (AvgIpc) is 2.02. The van der Waals surface area contributed by atoms with Crippen molar-refractivity contribution in [3.63, 3.8) is 0 Å². The van der Waals surface area contributed by atoms with E-state index in [-0.39, 0.29) is 6.10 Å². The van der Waals surface area contributed by atoms with Gasteiger partial charge in [0.2, 0.25) is 0 Å². The van der Waals surface area contributed by atoms with E-state index in [0.717, 1.165) is 32.6 Å². The monoisotopic (exact) mass is 202 g/mol. The van der Waals surface area contributed by atoms with Gasteiger partial charge in [-0.25, -0.2) is 0 Å². The van der Waals surface area contributed by atoms with Crippen LogP contribution in [0, 0.1) is 0 Å². The third kappa shape index (κ3) is 8.48. The highest BCUT2D eigenvalue weighted by Gasteiger charge is 2.06. The van der Waals surface area contributed by atoms with Crippen LogP contribution in [0.1, 0.15) is 26.7 Å². The van der Waals surface area contributed by atoms with Gasteiger partial charge in [-0.3, -0.25) is 0 Å². The summed E-state index contributed by atoms with van der Waals surface area (Å²) in [5.41, 5.74) is 0. The maximum atomic E-state index is 9.31. The highest BCUT2D eigenvalue weighted by Crippen LogP contribution is 1.97. The first-order valence-corrected chi connectivity index (χ1v) is 5.61. The zero-order chi connectivity index (χ0) is 11.0. The molecule has 1 N–H and O–H groups in total. The van der Waals surface area contributed by atoms with E-state index in [2.05, 4.69) is 30.8 Å².